The highest BCUT2D eigenvalue weighted by Gasteiger charge is 2.27. The van der Waals surface area contributed by atoms with Crippen LogP contribution in [0.15, 0.2) is 65.4 Å². The standard InChI is InChI=1S/C23H23BrN4O/c1-16-12-20(9-10-21(16)24)27-22(29)18-8-5-11-28(15-18)23-25-13-19(14-26-23)17-6-3-2-4-7-17/h2-4,6-7,9-10,12-14,18H,5,8,11,15H2,1H3,(H,27,29). The Kier molecular flexibility index (Phi) is 5.90. The Morgan fingerprint density at radius 2 is 1.86 bits per heavy atom. The number of hydrogen-bond donors (Lipinski definition) is 1. The molecule has 0 aliphatic carbocycles. The van der Waals surface area contributed by atoms with Crippen LogP contribution in [0.2, 0.25) is 0 Å². The van der Waals surface area contributed by atoms with Crippen LogP contribution in [0.25, 0.3) is 11.1 Å². The second kappa shape index (κ2) is 8.74. The summed E-state index contributed by atoms with van der Waals surface area (Å²) in [4.78, 5) is 24.0. The Labute approximate surface area is 179 Å². The third kappa shape index (κ3) is 4.65. The van der Waals surface area contributed by atoms with E-state index in [2.05, 4.69) is 36.1 Å². The summed E-state index contributed by atoms with van der Waals surface area (Å²) in [5.74, 6) is 0.657. The number of nitrogens with one attached hydrogen (secondary N) is 1. The number of nitrogens with zero attached hydrogens (tertiary/aromatic N) is 3. The number of carbonyl (C=O) groups is 1. The number of rotatable bonds is 4. The normalized spacial score (nSPS) is 16.5. The van der Waals surface area contributed by atoms with E-state index in [-0.39, 0.29) is 11.8 Å². The minimum Gasteiger partial charge on any atom is -0.340 e. The topological polar surface area (TPSA) is 58.1 Å². The average molecular weight is 451 g/mol. The molecule has 1 saturated heterocycles. The fourth-order valence-corrected chi connectivity index (χ4v) is 3.85. The van der Waals surface area contributed by atoms with Gasteiger partial charge in [-0.15, -0.1) is 0 Å². The molecule has 1 amide bonds. The van der Waals surface area contributed by atoms with Gasteiger partial charge in [0.25, 0.3) is 0 Å². The summed E-state index contributed by atoms with van der Waals surface area (Å²) in [7, 11) is 0. The summed E-state index contributed by atoms with van der Waals surface area (Å²) in [6.45, 7) is 3.51. The first-order valence-electron chi connectivity index (χ1n) is 9.79. The molecule has 0 spiro atoms. The van der Waals surface area contributed by atoms with E-state index in [1.54, 1.807) is 0 Å². The van der Waals surface area contributed by atoms with Crippen LogP contribution in [0.5, 0.6) is 0 Å². The lowest BCUT2D eigenvalue weighted by atomic mass is 9.97. The summed E-state index contributed by atoms with van der Waals surface area (Å²) < 4.78 is 1.04. The van der Waals surface area contributed by atoms with Crippen LogP contribution in [0.1, 0.15) is 18.4 Å². The van der Waals surface area contributed by atoms with Crippen LogP contribution < -0.4 is 10.2 Å². The zero-order chi connectivity index (χ0) is 20.2. The van der Waals surface area contributed by atoms with E-state index in [0.717, 1.165) is 46.2 Å². The van der Waals surface area contributed by atoms with Crippen molar-refractivity contribution < 1.29 is 4.79 Å². The summed E-state index contributed by atoms with van der Waals surface area (Å²) in [6.07, 6.45) is 5.53. The van der Waals surface area contributed by atoms with Gasteiger partial charge in [-0.2, -0.15) is 0 Å². The molecular formula is C23H23BrN4O. The summed E-state index contributed by atoms with van der Waals surface area (Å²) in [5, 5.41) is 3.06. The maximum atomic E-state index is 12.8. The molecule has 3 aromatic rings. The first-order chi connectivity index (χ1) is 14.1. The van der Waals surface area contributed by atoms with E-state index in [4.69, 9.17) is 0 Å². The fraction of sp³-hybridized carbons (Fsp3) is 0.261. The van der Waals surface area contributed by atoms with Crippen molar-refractivity contribution in [2.45, 2.75) is 19.8 Å². The first-order valence-corrected chi connectivity index (χ1v) is 10.6. The van der Waals surface area contributed by atoms with E-state index < -0.39 is 0 Å². The predicted octanol–water partition coefficient (Wildman–Crippen LogP) is 5.07. The SMILES string of the molecule is Cc1cc(NC(=O)C2CCCN(c3ncc(-c4ccccc4)cn3)C2)ccc1Br. The quantitative estimate of drug-likeness (QED) is 0.602. The molecule has 5 nitrogen and oxygen atoms in total. The van der Waals surface area contributed by atoms with Crippen LogP contribution in [0.4, 0.5) is 11.6 Å². The van der Waals surface area contributed by atoms with E-state index in [1.807, 2.05) is 67.8 Å². The highest BCUT2D eigenvalue weighted by Crippen LogP contribution is 2.25. The maximum Gasteiger partial charge on any atom is 0.229 e. The highest BCUT2D eigenvalue weighted by molar-refractivity contribution is 9.10. The van der Waals surface area contributed by atoms with Crippen molar-refractivity contribution in [2.24, 2.45) is 5.92 Å². The van der Waals surface area contributed by atoms with Crippen LogP contribution >= 0.6 is 15.9 Å². The van der Waals surface area contributed by atoms with E-state index >= 15 is 0 Å². The number of halogens is 1. The number of benzene rings is 2. The Morgan fingerprint density at radius 3 is 2.59 bits per heavy atom. The molecule has 1 atom stereocenters. The number of amides is 1. The van der Waals surface area contributed by atoms with Gasteiger partial charge in [-0.3, -0.25) is 4.79 Å². The van der Waals surface area contributed by atoms with Gasteiger partial charge in [-0.05, 0) is 49.1 Å². The van der Waals surface area contributed by atoms with Crippen molar-refractivity contribution in [3.63, 3.8) is 0 Å². The molecule has 1 aliphatic heterocycles. The molecule has 4 rings (SSSR count). The van der Waals surface area contributed by atoms with Gasteiger partial charge in [0.1, 0.15) is 0 Å². The largest absolute Gasteiger partial charge is 0.340 e. The smallest absolute Gasteiger partial charge is 0.229 e. The second-order valence-electron chi connectivity index (χ2n) is 7.38. The van der Waals surface area contributed by atoms with E-state index in [1.165, 1.54) is 0 Å². The minimum absolute atomic E-state index is 0.0531. The van der Waals surface area contributed by atoms with Gasteiger partial charge in [0, 0.05) is 41.2 Å². The molecule has 0 radical (unpaired) electrons. The van der Waals surface area contributed by atoms with Crippen molar-refractivity contribution in [3.05, 3.63) is 71.0 Å². The lowest BCUT2D eigenvalue weighted by molar-refractivity contribution is -0.120. The molecule has 0 saturated carbocycles. The molecule has 1 unspecified atom stereocenters. The number of piperidine rings is 1. The Hall–Kier alpha value is -2.73. The van der Waals surface area contributed by atoms with Gasteiger partial charge in [0.2, 0.25) is 11.9 Å². The Bertz CT molecular complexity index is 992. The second-order valence-corrected chi connectivity index (χ2v) is 8.23. The van der Waals surface area contributed by atoms with Crippen molar-refractivity contribution in [1.29, 1.82) is 0 Å². The maximum absolute atomic E-state index is 12.8. The predicted molar refractivity (Wildman–Crippen MR) is 120 cm³/mol. The first kappa shape index (κ1) is 19.6. The number of anilines is 2. The van der Waals surface area contributed by atoms with E-state index in [0.29, 0.717) is 12.5 Å². The van der Waals surface area contributed by atoms with Gasteiger partial charge in [0.05, 0.1) is 5.92 Å². The summed E-state index contributed by atoms with van der Waals surface area (Å²) >= 11 is 3.49. The number of aromatic nitrogens is 2. The lowest BCUT2D eigenvalue weighted by Gasteiger charge is -2.32. The lowest BCUT2D eigenvalue weighted by Crippen LogP contribution is -2.41. The third-order valence-corrected chi connectivity index (χ3v) is 6.14. The van der Waals surface area contributed by atoms with E-state index in [9.17, 15) is 4.79 Å². The molecular weight excluding hydrogens is 428 g/mol. The van der Waals surface area contributed by atoms with Gasteiger partial charge in [-0.1, -0.05) is 46.3 Å². The zero-order valence-corrected chi connectivity index (χ0v) is 17.9. The fourth-order valence-electron chi connectivity index (χ4n) is 3.60. The Balaban J connectivity index is 1.42. The molecule has 1 fully saturated rings. The van der Waals surface area contributed by atoms with Gasteiger partial charge in [0.15, 0.2) is 0 Å². The molecule has 29 heavy (non-hydrogen) atoms. The molecule has 1 aliphatic rings. The molecule has 6 heteroatoms. The van der Waals surface area contributed by atoms with Gasteiger partial charge >= 0.3 is 0 Å². The van der Waals surface area contributed by atoms with Crippen molar-refractivity contribution in [3.8, 4) is 11.1 Å². The highest BCUT2D eigenvalue weighted by atomic mass is 79.9. The minimum atomic E-state index is -0.0786. The van der Waals surface area contributed by atoms with Crippen LogP contribution in [-0.4, -0.2) is 29.0 Å². The number of carbonyl (C=O) groups excluding carboxylic acids is 1. The average Bonchev–Trinajstić information content (AvgIpc) is 2.77. The van der Waals surface area contributed by atoms with Crippen molar-refractivity contribution in [1.82, 2.24) is 9.97 Å². The third-order valence-electron chi connectivity index (χ3n) is 5.25. The van der Waals surface area contributed by atoms with Crippen molar-refractivity contribution in [2.75, 3.05) is 23.3 Å². The molecule has 2 heterocycles. The molecule has 1 N–H and O–H groups in total. The molecule has 0 bridgehead atoms. The van der Waals surface area contributed by atoms with Crippen LogP contribution in [0.3, 0.4) is 0 Å². The number of hydrogen-bond acceptors (Lipinski definition) is 4. The van der Waals surface area contributed by atoms with Crippen molar-refractivity contribution >= 4 is 33.5 Å². The summed E-state index contributed by atoms with van der Waals surface area (Å²) in [6, 6.07) is 15.9. The monoisotopic (exact) mass is 450 g/mol. The Morgan fingerprint density at radius 1 is 1.10 bits per heavy atom. The molecule has 1 aromatic heterocycles. The van der Waals surface area contributed by atoms with Gasteiger partial charge in [-0.25, -0.2) is 9.97 Å². The van der Waals surface area contributed by atoms with Gasteiger partial charge < -0.3 is 10.2 Å². The summed E-state index contributed by atoms with van der Waals surface area (Å²) in [5.41, 5.74) is 4.02. The number of aryl methyl sites for hydroxylation is 1. The van der Waals surface area contributed by atoms with Crippen LogP contribution in [-0.2, 0) is 4.79 Å². The van der Waals surface area contributed by atoms with Crippen LogP contribution in [0, 0.1) is 12.8 Å². The molecule has 148 valence electrons. The zero-order valence-electron chi connectivity index (χ0n) is 16.3. The molecule has 2 aromatic carbocycles.